The van der Waals surface area contributed by atoms with Crippen LogP contribution in [0, 0.1) is 6.92 Å². The van der Waals surface area contributed by atoms with Crippen LogP contribution in [0.3, 0.4) is 0 Å². The fraction of sp³-hybridized carbons (Fsp3) is 0.257. The van der Waals surface area contributed by atoms with Gasteiger partial charge in [0.25, 0.3) is 10.0 Å². The number of rotatable bonds is 14. The quantitative estimate of drug-likeness (QED) is 0.211. The largest absolute Gasteiger partial charge is 0.497 e. The molecule has 0 aliphatic carbocycles. The Labute approximate surface area is 265 Å². The van der Waals surface area contributed by atoms with Crippen LogP contribution in [0.2, 0.25) is 0 Å². The van der Waals surface area contributed by atoms with Gasteiger partial charge in [0.2, 0.25) is 11.8 Å². The van der Waals surface area contributed by atoms with Crippen molar-refractivity contribution < 1.29 is 27.5 Å². The van der Waals surface area contributed by atoms with Crippen molar-refractivity contribution in [1.82, 2.24) is 10.2 Å². The molecule has 9 nitrogen and oxygen atoms in total. The van der Waals surface area contributed by atoms with Crippen molar-refractivity contribution in [3.63, 3.8) is 0 Å². The maximum Gasteiger partial charge on any atom is 0.264 e. The number of methoxy groups -OCH3 is 2. The first kappa shape index (κ1) is 33.1. The molecule has 0 fully saturated rings. The number of likely N-dealkylation sites (N-methyl/N-ethyl adjacent to an activating group) is 1. The van der Waals surface area contributed by atoms with Gasteiger partial charge in [0.05, 0.1) is 24.8 Å². The molecule has 2 amide bonds. The van der Waals surface area contributed by atoms with Gasteiger partial charge in [-0.1, -0.05) is 78.4 Å². The van der Waals surface area contributed by atoms with Crippen LogP contribution in [0.15, 0.2) is 108 Å². The summed E-state index contributed by atoms with van der Waals surface area (Å²) in [5.74, 6) is -0.282. The van der Waals surface area contributed by atoms with Gasteiger partial charge >= 0.3 is 0 Å². The molecule has 45 heavy (non-hydrogen) atoms. The summed E-state index contributed by atoms with van der Waals surface area (Å²) in [5, 5.41) is 2.87. The van der Waals surface area contributed by atoms with E-state index in [1.54, 1.807) is 30.3 Å². The van der Waals surface area contributed by atoms with Gasteiger partial charge in [-0.25, -0.2) is 8.42 Å². The third-order valence-electron chi connectivity index (χ3n) is 7.36. The van der Waals surface area contributed by atoms with Gasteiger partial charge < -0.3 is 19.7 Å². The Balaban J connectivity index is 1.84. The summed E-state index contributed by atoms with van der Waals surface area (Å²) >= 11 is 0. The van der Waals surface area contributed by atoms with E-state index in [9.17, 15) is 18.0 Å². The summed E-state index contributed by atoms with van der Waals surface area (Å²) in [4.78, 5) is 29.6. The highest BCUT2D eigenvalue weighted by Gasteiger charge is 2.35. The molecule has 4 aromatic rings. The molecule has 0 aliphatic heterocycles. The predicted octanol–water partition coefficient (Wildman–Crippen LogP) is 4.98. The maximum absolute atomic E-state index is 14.5. The van der Waals surface area contributed by atoms with E-state index in [1.807, 2.05) is 68.4 Å². The highest BCUT2D eigenvalue weighted by molar-refractivity contribution is 7.92. The fourth-order valence-corrected chi connectivity index (χ4v) is 6.40. The molecular formula is C35H39N3O6S. The zero-order chi connectivity index (χ0) is 32.4. The Morgan fingerprint density at radius 2 is 1.47 bits per heavy atom. The number of benzene rings is 4. The third-order valence-corrected chi connectivity index (χ3v) is 9.13. The maximum atomic E-state index is 14.5. The lowest BCUT2D eigenvalue weighted by Gasteiger charge is -2.34. The standard InChI is InChI=1S/C35H39N3O6S/c1-5-36-35(40)32(22-27-12-8-6-9-13-27)37(24-28-18-16-26(2)17-19-28)34(39)25-38(45(41,42)30-14-10-7-11-15-30)31-23-29(43-3)20-21-33(31)44-4/h6-21,23,32H,5,22,24-25H2,1-4H3,(H,36,40)/t32-/m1/s1. The highest BCUT2D eigenvalue weighted by Crippen LogP contribution is 2.36. The van der Waals surface area contributed by atoms with Crippen LogP contribution in [0.25, 0.3) is 0 Å². The van der Waals surface area contributed by atoms with Crippen molar-refractivity contribution in [3.05, 3.63) is 120 Å². The molecule has 0 bridgehead atoms. The molecule has 1 N–H and O–H groups in total. The van der Waals surface area contributed by atoms with Crippen molar-refractivity contribution in [1.29, 1.82) is 0 Å². The summed E-state index contributed by atoms with van der Waals surface area (Å²) in [6, 6.07) is 28.8. The van der Waals surface area contributed by atoms with Crippen molar-refractivity contribution in [2.24, 2.45) is 0 Å². The SMILES string of the molecule is CCNC(=O)[C@@H](Cc1ccccc1)N(Cc1ccc(C)cc1)C(=O)CN(c1cc(OC)ccc1OC)S(=O)(=O)c1ccccc1. The van der Waals surface area contributed by atoms with Crippen molar-refractivity contribution in [2.75, 3.05) is 31.6 Å². The van der Waals surface area contributed by atoms with Gasteiger partial charge in [0, 0.05) is 25.6 Å². The van der Waals surface area contributed by atoms with Gasteiger partial charge in [-0.15, -0.1) is 0 Å². The number of carbonyl (C=O) groups is 2. The lowest BCUT2D eigenvalue weighted by Crippen LogP contribution is -2.53. The summed E-state index contributed by atoms with van der Waals surface area (Å²) in [7, 11) is -1.39. The molecule has 0 unspecified atom stereocenters. The Kier molecular flexibility index (Phi) is 11.2. The fourth-order valence-electron chi connectivity index (χ4n) is 4.96. The Bertz CT molecular complexity index is 1680. The lowest BCUT2D eigenvalue weighted by molar-refractivity contribution is -0.140. The minimum absolute atomic E-state index is 0.00248. The molecule has 0 radical (unpaired) electrons. The Morgan fingerprint density at radius 1 is 0.822 bits per heavy atom. The van der Waals surface area contributed by atoms with Crippen LogP contribution < -0.4 is 19.1 Å². The first-order valence-electron chi connectivity index (χ1n) is 14.6. The molecule has 0 spiro atoms. The number of nitrogens with zero attached hydrogens (tertiary/aromatic N) is 2. The van der Waals surface area contributed by atoms with Gasteiger partial charge in [0.1, 0.15) is 24.1 Å². The van der Waals surface area contributed by atoms with Crippen LogP contribution in [-0.2, 0) is 32.6 Å². The summed E-state index contributed by atoms with van der Waals surface area (Å²) in [6.45, 7) is 3.63. The van der Waals surface area contributed by atoms with E-state index in [0.717, 1.165) is 21.0 Å². The molecule has 1 atom stereocenters. The molecule has 10 heteroatoms. The monoisotopic (exact) mass is 629 g/mol. The van der Waals surface area contributed by atoms with Crippen molar-refractivity contribution in [2.45, 2.75) is 37.8 Å². The predicted molar refractivity (Wildman–Crippen MR) is 175 cm³/mol. The van der Waals surface area contributed by atoms with Gasteiger partial charge in [-0.05, 0) is 49.2 Å². The molecule has 0 saturated carbocycles. The molecule has 0 aliphatic rings. The Morgan fingerprint density at radius 3 is 2.07 bits per heavy atom. The third kappa shape index (κ3) is 8.21. The minimum atomic E-state index is -4.28. The number of aryl methyl sites for hydroxylation is 1. The van der Waals surface area contributed by atoms with Gasteiger partial charge in [-0.3, -0.25) is 13.9 Å². The smallest absolute Gasteiger partial charge is 0.264 e. The summed E-state index contributed by atoms with van der Waals surface area (Å²) < 4.78 is 40.4. The lowest BCUT2D eigenvalue weighted by atomic mass is 10.0. The average Bonchev–Trinajstić information content (AvgIpc) is 3.06. The van der Waals surface area contributed by atoms with E-state index in [4.69, 9.17) is 9.47 Å². The second-order valence-electron chi connectivity index (χ2n) is 10.5. The molecule has 0 saturated heterocycles. The van der Waals surface area contributed by atoms with Crippen molar-refractivity contribution in [3.8, 4) is 11.5 Å². The molecule has 236 valence electrons. The molecule has 4 aromatic carbocycles. The molecule has 4 rings (SSSR count). The van der Waals surface area contributed by atoms with E-state index >= 15 is 0 Å². The number of nitrogens with one attached hydrogen (secondary N) is 1. The number of anilines is 1. The van der Waals surface area contributed by atoms with Crippen LogP contribution in [0.5, 0.6) is 11.5 Å². The number of sulfonamides is 1. The van der Waals surface area contributed by atoms with Crippen molar-refractivity contribution >= 4 is 27.5 Å². The van der Waals surface area contributed by atoms with E-state index in [-0.39, 0.29) is 35.2 Å². The number of hydrogen-bond acceptors (Lipinski definition) is 6. The number of ether oxygens (including phenoxy) is 2. The minimum Gasteiger partial charge on any atom is -0.497 e. The average molecular weight is 630 g/mol. The Hall–Kier alpha value is -4.83. The zero-order valence-electron chi connectivity index (χ0n) is 26.0. The second-order valence-corrected chi connectivity index (χ2v) is 12.3. The van der Waals surface area contributed by atoms with Crippen LogP contribution >= 0.6 is 0 Å². The topological polar surface area (TPSA) is 105 Å². The first-order valence-corrected chi connectivity index (χ1v) is 16.1. The second kappa shape index (κ2) is 15.3. The summed E-state index contributed by atoms with van der Waals surface area (Å²) in [5.41, 5.74) is 2.83. The number of carbonyl (C=O) groups excluding carboxylic acids is 2. The van der Waals surface area contributed by atoms with Crippen LogP contribution in [0.4, 0.5) is 5.69 Å². The van der Waals surface area contributed by atoms with Crippen LogP contribution in [0.1, 0.15) is 23.6 Å². The van der Waals surface area contributed by atoms with E-state index in [0.29, 0.717) is 12.3 Å². The van der Waals surface area contributed by atoms with E-state index < -0.39 is 28.5 Å². The highest BCUT2D eigenvalue weighted by atomic mass is 32.2. The van der Waals surface area contributed by atoms with Gasteiger partial charge in [0.15, 0.2) is 0 Å². The molecule has 0 aromatic heterocycles. The normalized spacial score (nSPS) is 11.7. The first-order chi connectivity index (χ1) is 21.7. The number of hydrogen-bond donors (Lipinski definition) is 1. The molecular weight excluding hydrogens is 590 g/mol. The van der Waals surface area contributed by atoms with E-state index in [1.165, 1.54) is 37.3 Å². The number of amides is 2. The van der Waals surface area contributed by atoms with Gasteiger partial charge in [-0.2, -0.15) is 0 Å². The molecule has 0 heterocycles. The zero-order valence-corrected chi connectivity index (χ0v) is 26.8. The van der Waals surface area contributed by atoms with Crippen LogP contribution in [-0.4, -0.2) is 58.5 Å². The van der Waals surface area contributed by atoms with E-state index in [2.05, 4.69) is 5.32 Å². The summed E-state index contributed by atoms with van der Waals surface area (Å²) in [6.07, 6.45) is 0.234.